The van der Waals surface area contributed by atoms with Crippen molar-refractivity contribution in [2.75, 3.05) is 31.8 Å². The van der Waals surface area contributed by atoms with E-state index in [1.807, 2.05) is 32.2 Å². The van der Waals surface area contributed by atoms with Crippen molar-refractivity contribution in [1.82, 2.24) is 19.6 Å². The maximum Gasteiger partial charge on any atom is 0.329 e. The Morgan fingerprint density at radius 1 is 1.25 bits per heavy atom. The molecule has 1 fully saturated rings. The van der Waals surface area contributed by atoms with E-state index in [0.717, 1.165) is 12.1 Å². The van der Waals surface area contributed by atoms with Crippen LogP contribution in [-0.4, -0.2) is 56.8 Å². The van der Waals surface area contributed by atoms with Crippen molar-refractivity contribution >= 4 is 21.8 Å². The molecule has 0 radical (unpaired) electrons. The van der Waals surface area contributed by atoms with Gasteiger partial charge in [-0.2, -0.15) is 0 Å². The number of amides is 2. The summed E-state index contributed by atoms with van der Waals surface area (Å²) in [4.78, 5) is 23.5. The number of carbonyl (C=O) groups is 1. The van der Waals surface area contributed by atoms with Crippen LogP contribution in [0.3, 0.4) is 0 Å². The van der Waals surface area contributed by atoms with E-state index < -0.39 is 22.0 Å². The van der Waals surface area contributed by atoms with Crippen LogP contribution in [0.5, 0.6) is 5.88 Å². The molecule has 2 amide bonds. The molecule has 1 aliphatic heterocycles. The highest BCUT2D eigenvalue weighted by molar-refractivity contribution is 8.01. The molecule has 0 saturated carbocycles. The zero-order chi connectivity index (χ0) is 25.9. The van der Waals surface area contributed by atoms with Gasteiger partial charge in [-0.3, -0.25) is 18.8 Å². The van der Waals surface area contributed by atoms with Gasteiger partial charge in [0.15, 0.2) is 0 Å². The molecule has 8 nitrogen and oxygen atoms in total. The van der Waals surface area contributed by atoms with E-state index in [9.17, 15) is 13.4 Å². The van der Waals surface area contributed by atoms with E-state index in [0.29, 0.717) is 41.3 Å². The third-order valence-electron chi connectivity index (χ3n) is 6.34. The van der Waals surface area contributed by atoms with Gasteiger partial charge >= 0.3 is 6.03 Å². The molecule has 1 saturated heterocycles. The molecular formula is C26H32FN5O3S. The van der Waals surface area contributed by atoms with Crippen LogP contribution in [0.15, 0.2) is 55.0 Å². The van der Waals surface area contributed by atoms with E-state index in [2.05, 4.69) is 24.9 Å². The Morgan fingerprint density at radius 2 is 2.03 bits per heavy atom. The lowest BCUT2D eigenvalue weighted by Crippen LogP contribution is -2.60. The molecule has 0 spiro atoms. The third kappa shape index (κ3) is 5.88. The lowest BCUT2D eigenvalue weighted by Gasteiger charge is -2.44. The molecular weight excluding hydrogens is 481 g/mol. The van der Waals surface area contributed by atoms with E-state index in [4.69, 9.17) is 4.74 Å². The highest BCUT2D eigenvalue weighted by atomic mass is 32.3. The summed E-state index contributed by atoms with van der Waals surface area (Å²) in [5.41, 5.74) is 3.32. The zero-order valence-corrected chi connectivity index (χ0v) is 21.8. The van der Waals surface area contributed by atoms with Crippen molar-refractivity contribution in [3.63, 3.8) is 0 Å². The van der Waals surface area contributed by atoms with Crippen LogP contribution in [0.25, 0.3) is 11.1 Å². The smallest absolute Gasteiger partial charge is 0.329 e. The number of halogens is 1. The first kappa shape index (κ1) is 25.7. The summed E-state index contributed by atoms with van der Waals surface area (Å²) >= 11 is 0. The number of thiol groups is 1. The number of aromatic nitrogens is 2. The van der Waals surface area contributed by atoms with Gasteiger partial charge in [-0.1, -0.05) is 19.9 Å². The van der Waals surface area contributed by atoms with Gasteiger partial charge in [-0.15, -0.1) is 0 Å². The number of nitrogens with one attached hydrogen (secondary N) is 2. The number of nitrogens with zero attached hydrogens (tertiary/aromatic N) is 3. The Kier molecular flexibility index (Phi) is 7.65. The average Bonchev–Trinajstić information content (AvgIpc) is 2.82. The molecule has 36 heavy (non-hydrogen) atoms. The van der Waals surface area contributed by atoms with Crippen LogP contribution < -0.4 is 14.8 Å². The minimum absolute atomic E-state index is 0.0698. The van der Waals surface area contributed by atoms with E-state index in [-0.39, 0.29) is 11.2 Å². The first-order chi connectivity index (χ1) is 17.2. The fourth-order valence-electron chi connectivity index (χ4n) is 4.31. The van der Waals surface area contributed by atoms with Crippen LogP contribution in [0.1, 0.15) is 30.9 Å². The van der Waals surface area contributed by atoms with Crippen LogP contribution in [0, 0.1) is 5.82 Å². The number of likely N-dealkylation sites (tertiary alicyclic amines) is 1. The van der Waals surface area contributed by atoms with Gasteiger partial charge < -0.3 is 10.1 Å². The number of carbonyl (C=O) groups excluding carboxylic acids is 1. The largest absolute Gasteiger partial charge is 0.481 e. The molecule has 192 valence electrons. The number of rotatable bonds is 8. The summed E-state index contributed by atoms with van der Waals surface area (Å²) < 4.78 is 35.9. The molecule has 4 rings (SSSR count). The average molecular weight is 514 g/mol. The number of urea groups is 1. The first-order valence-corrected chi connectivity index (χ1v) is 14.0. The molecule has 0 bridgehead atoms. The van der Waals surface area contributed by atoms with Gasteiger partial charge in [-0.05, 0) is 57.0 Å². The van der Waals surface area contributed by atoms with Crippen molar-refractivity contribution in [1.29, 1.82) is 0 Å². The molecule has 3 aromatic rings. The molecule has 3 heterocycles. The number of benzene rings is 1. The number of hydrogen-bond donors (Lipinski definition) is 3. The number of pyridine rings is 2. The number of hydrogen-bond acceptors (Lipinski definition) is 6. The summed E-state index contributed by atoms with van der Waals surface area (Å²) in [6, 6.07) is 9.49. The maximum absolute atomic E-state index is 14.6. The minimum Gasteiger partial charge on any atom is -0.481 e. The Morgan fingerprint density at radius 3 is 2.69 bits per heavy atom. The molecule has 0 aliphatic carbocycles. The summed E-state index contributed by atoms with van der Waals surface area (Å²) in [6.07, 6.45) is 6.70. The van der Waals surface area contributed by atoms with Crippen molar-refractivity contribution in [3.05, 3.63) is 71.9 Å². The molecule has 1 aliphatic rings. The highest BCUT2D eigenvalue weighted by Gasteiger charge is 2.35. The lowest BCUT2D eigenvalue weighted by molar-refractivity contribution is 0.177. The summed E-state index contributed by atoms with van der Waals surface area (Å²) in [7, 11) is -1.50. The third-order valence-corrected chi connectivity index (χ3v) is 8.70. The topological polar surface area (TPSA) is 96.5 Å². The fraction of sp³-hybridized carbons (Fsp3) is 0.346. The Bertz CT molecular complexity index is 1280. The van der Waals surface area contributed by atoms with E-state index in [1.54, 1.807) is 30.8 Å². The molecule has 10 heteroatoms. The molecule has 0 atom stereocenters. The van der Waals surface area contributed by atoms with Gasteiger partial charge in [0.05, 0.1) is 18.0 Å². The summed E-state index contributed by atoms with van der Waals surface area (Å²) in [5.74, 6) is -0.114. The second-order valence-corrected chi connectivity index (χ2v) is 12.4. The van der Waals surface area contributed by atoms with Gasteiger partial charge in [0.2, 0.25) is 5.88 Å². The number of ether oxygens (including phenoxy) is 1. The predicted molar refractivity (Wildman–Crippen MR) is 141 cm³/mol. The number of anilines is 1. The maximum atomic E-state index is 14.6. The Labute approximate surface area is 211 Å². The monoisotopic (exact) mass is 513 g/mol. The van der Waals surface area contributed by atoms with Crippen LogP contribution in [-0.2, 0) is 16.7 Å². The van der Waals surface area contributed by atoms with Crippen LogP contribution in [0.2, 0.25) is 0 Å². The highest BCUT2D eigenvalue weighted by Crippen LogP contribution is 2.37. The Hall–Kier alpha value is -3.37. The zero-order valence-electron chi connectivity index (χ0n) is 20.9. The molecule has 2 aromatic heterocycles. The van der Waals surface area contributed by atoms with Crippen molar-refractivity contribution < 1.29 is 18.1 Å². The second-order valence-electron chi connectivity index (χ2n) is 9.42. The standard InChI is InChI=1S/C26H32FN5O3S/c1-17(2)22-11-20(27)12-23(19-7-9-29-24(10-19)35-3)25(22)30-26(33)31-36(4,34)21-15-32(16-21)14-18-6-5-8-28-13-18/h5-13,17,21,36H,14-16H2,1-4H3,(H2,30,31,33,34). The van der Waals surface area contributed by atoms with Crippen molar-refractivity contribution in [3.8, 4) is 17.0 Å². The van der Waals surface area contributed by atoms with Gasteiger partial charge in [-0.25, -0.2) is 14.2 Å². The van der Waals surface area contributed by atoms with Gasteiger partial charge in [0.25, 0.3) is 0 Å². The number of methoxy groups -OCH3 is 1. The Balaban J connectivity index is 1.50. The summed E-state index contributed by atoms with van der Waals surface area (Å²) in [5, 5.41) is 2.72. The van der Waals surface area contributed by atoms with E-state index >= 15 is 0 Å². The predicted octanol–water partition coefficient (Wildman–Crippen LogP) is 3.98. The SMILES string of the molecule is COc1cc(-c2cc(F)cc(C(C)C)c2NC(=O)N[SH](C)(=O)C2CN(Cc3cccnc3)C2)ccn1. The fourth-order valence-corrected chi connectivity index (χ4v) is 6.03. The minimum atomic E-state index is -3.00. The van der Waals surface area contributed by atoms with Crippen molar-refractivity contribution in [2.45, 2.75) is 31.6 Å². The normalized spacial score (nSPS) is 14.8. The van der Waals surface area contributed by atoms with Crippen LogP contribution >= 0.6 is 0 Å². The summed E-state index contributed by atoms with van der Waals surface area (Å²) in [6.45, 7) is 5.82. The van der Waals surface area contributed by atoms with Crippen molar-refractivity contribution in [2.24, 2.45) is 0 Å². The van der Waals surface area contributed by atoms with Gasteiger partial charge in [0, 0.05) is 56.1 Å². The molecule has 0 unspecified atom stereocenters. The second kappa shape index (κ2) is 10.7. The van der Waals surface area contributed by atoms with E-state index in [1.165, 1.54) is 19.2 Å². The lowest BCUT2D eigenvalue weighted by atomic mass is 9.94. The quantitative estimate of drug-likeness (QED) is 0.395. The van der Waals surface area contributed by atoms with Crippen LogP contribution in [0.4, 0.5) is 14.9 Å². The molecule has 1 aromatic carbocycles. The first-order valence-electron chi connectivity index (χ1n) is 11.8. The van der Waals surface area contributed by atoms with Gasteiger partial charge in [0.1, 0.15) is 5.82 Å². The molecule has 2 N–H and O–H groups in total.